The third-order valence-electron chi connectivity index (χ3n) is 4.19. The molecule has 0 saturated heterocycles. The molecule has 104 valence electrons. The van der Waals surface area contributed by atoms with E-state index in [9.17, 15) is 4.79 Å². The molecule has 0 aromatic heterocycles. The van der Waals surface area contributed by atoms with E-state index in [1.165, 1.54) is 32.1 Å². The standard InChI is InChI=1S/C16H23NO2/c1-17(14-10-6-3-7-11-14)15(12-16(18)19)13-8-4-2-5-9-13/h2,4-5,8-9,14-15H,3,6-7,10-12H2,1H3,(H,18,19). The molecular formula is C16H23NO2. The molecule has 1 atom stereocenters. The number of rotatable bonds is 5. The van der Waals surface area contributed by atoms with Gasteiger partial charge >= 0.3 is 5.97 Å². The van der Waals surface area contributed by atoms with Crippen LogP contribution in [-0.4, -0.2) is 29.1 Å². The number of hydrogen-bond acceptors (Lipinski definition) is 2. The van der Waals surface area contributed by atoms with Crippen LogP contribution in [0.5, 0.6) is 0 Å². The first-order valence-corrected chi connectivity index (χ1v) is 7.17. The molecule has 0 amide bonds. The second-order valence-electron chi connectivity index (χ2n) is 5.48. The van der Waals surface area contributed by atoms with Gasteiger partial charge in [0.25, 0.3) is 0 Å². The number of hydrogen-bond donors (Lipinski definition) is 1. The lowest BCUT2D eigenvalue weighted by molar-refractivity contribution is -0.138. The highest BCUT2D eigenvalue weighted by Crippen LogP contribution is 2.30. The van der Waals surface area contributed by atoms with E-state index in [2.05, 4.69) is 11.9 Å². The molecule has 1 aliphatic carbocycles. The molecular weight excluding hydrogens is 238 g/mol. The molecule has 1 saturated carbocycles. The van der Waals surface area contributed by atoms with Crippen LogP contribution in [0.2, 0.25) is 0 Å². The van der Waals surface area contributed by atoms with E-state index in [0.29, 0.717) is 6.04 Å². The first-order chi connectivity index (χ1) is 9.18. The Morgan fingerprint density at radius 3 is 2.47 bits per heavy atom. The number of carboxylic acids is 1. The van der Waals surface area contributed by atoms with Gasteiger partial charge < -0.3 is 5.11 Å². The van der Waals surface area contributed by atoms with E-state index in [0.717, 1.165) is 5.56 Å². The minimum Gasteiger partial charge on any atom is -0.481 e. The maximum atomic E-state index is 11.1. The van der Waals surface area contributed by atoms with Gasteiger partial charge in [-0.25, -0.2) is 0 Å². The van der Waals surface area contributed by atoms with Crippen molar-refractivity contribution in [3.63, 3.8) is 0 Å². The molecule has 1 aliphatic rings. The lowest BCUT2D eigenvalue weighted by Crippen LogP contribution is -2.37. The van der Waals surface area contributed by atoms with E-state index in [-0.39, 0.29) is 12.5 Å². The minimum absolute atomic E-state index is 0.0122. The Morgan fingerprint density at radius 1 is 1.26 bits per heavy atom. The number of benzene rings is 1. The van der Waals surface area contributed by atoms with Gasteiger partial charge in [0.1, 0.15) is 0 Å². The Labute approximate surface area is 115 Å². The molecule has 1 fully saturated rings. The van der Waals surface area contributed by atoms with Crippen LogP contribution in [0.3, 0.4) is 0 Å². The lowest BCUT2D eigenvalue weighted by atomic mass is 9.91. The van der Waals surface area contributed by atoms with Crippen LogP contribution >= 0.6 is 0 Å². The predicted molar refractivity (Wildman–Crippen MR) is 76.1 cm³/mol. The van der Waals surface area contributed by atoms with Crippen LogP contribution in [-0.2, 0) is 4.79 Å². The van der Waals surface area contributed by atoms with E-state index < -0.39 is 5.97 Å². The van der Waals surface area contributed by atoms with E-state index in [1.807, 2.05) is 30.3 Å². The van der Waals surface area contributed by atoms with E-state index in [1.54, 1.807) is 0 Å². The third kappa shape index (κ3) is 3.80. The molecule has 0 spiro atoms. The molecule has 0 aliphatic heterocycles. The van der Waals surface area contributed by atoms with Crippen molar-refractivity contribution in [2.45, 2.75) is 50.6 Å². The average Bonchev–Trinajstić information content (AvgIpc) is 2.46. The monoisotopic (exact) mass is 261 g/mol. The van der Waals surface area contributed by atoms with Crippen molar-refractivity contribution in [3.05, 3.63) is 35.9 Å². The first-order valence-electron chi connectivity index (χ1n) is 7.17. The summed E-state index contributed by atoms with van der Waals surface area (Å²) in [6, 6.07) is 10.5. The molecule has 0 heterocycles. The second kappa shape index (κ2) is 6.71. The first kappa shape index (κ1) is 14.1. The van der Waals surface area contributed by atoms with Gasteiger partial charge in [0, 0.05) is 12.1 Å². The van der Waals surface area contributed by atoms with Crippen molar-refractivity contribution >= 4 is 5.97 Å². The lowest BCUT2D eigenvalue weighted by Gasteiger charge is -2.37. The maximum absolute atomic E-state index is 11.1. The molecule has 0 radical (unpaired) electrons. The van der Waals surface area contributed by atoms with Crippen LogP contribution in [0.1, 0.15) is 50.1 Å². The molecule has 3 heteroatoms. The molecule has 1 unspecified atom stereocenters. The molecule has 1 N–H and O–H groups in total. The Hall–Kier alpha value is -1.35. The summed E-state index contributed by atoms with van der Waals surface area (Å²) in [7, 11) is 2.08. The molecule has 19 heavy (non-hydrogen) atoms. The van der Waals surface area contributed by atoms with Crippen molar-refractivity contribution < 1.29 is 9.90 Å². The van der Waals surface area contributed by atoms with E-state index in [4.69, 9.17) is 5.11 Å². The highest BCUT2D eigenvalue weighted by atomic mass is 16.4. The van der Waals surface area contributed by atoms with Crippen molar-refractivity contribution in [2.24, 2.45) is 0 Å². The van der Waals surface area contributed by atoms with Crippen molar-refractivity contribution in [1.82, 2.24) is 4.90 Å². The van der Waals surface area contributed by atoms with Crippen LogP contribution in [0.15, 0.2) is 30.3 Å². The quantitative estimate of drug-likeness (QED) is 0.882. The summed E-state index contributed by atoms with van der Waals surface area (Å²) in [5.41, 5.74) is 1.11. The molecule has 1 aromatic rings. The van der Waals surface area contributed by atoms with Crippen LogP contribution in [0.25, 0.3) is 0 Å². The molecule has 1 aromatic carbocycles. The zero-order chi connectivity index (χ0) is 13.7. The summed E-state index contributed by atoms with van der Waals surface area (Å²) in [4.78, 5) is 13.4. The number of aliphatic carboxylic acids is 1. The van der Waals surface area contributed by atoms with Gasteiger partial charge in [0.05, 0.1) is 6.42 Å². The van der Waals surface area contributed by atoms with Gasteiger partial charge in [-0.05, 0) is 25.5 Å². The summed E-state index contributed by atoms with van der Waals surface area (Å²) in [5, 5.41) is 9.17. The summed E-state index contributed by atoms with van der Waals surface area (Å²) >= 11 is 0. The van der Waals surface area contributed by atoms with Gasteiger partial charge in [-0.2, -0.15) is 0 Å². The molecule has 2 rings (SSSR count). The number of carboxylic acid groups (broad SMARTS) is 1. The fourth-order valence-corrected chi connectivity index (χ4v) is 3.08. The summed E-state index contributed by atoms with van der Waals surface area (Å²) in [5.74, 6) is -0.725. The zero-order valence-corrected chi connectivity index (χ0v) is 11.6. The Kier molecular flexibility index (Phi) is 4.97. The summed E-state index contributed by atoms with van der Waals surface area (Å²) in [6.07, 6.45) is 6.42. The summed E-state index contributed by atoms with van der Waals surface area (Å²) in [6.45, 7) is 0. The topological polar surface area (TPSA) is 40.5 Å². The van der Waals surface area contributed by atoms with Gasteiger partial charge in [0.2, 0.25) is 0 Å². The van der Waals surface area contributed by atoms with Gasteiger partial charge in [-0.3, -0.25) is 9.69 Å². The minimum atomic E-state index is -0.725. The second-order valence-corrected chi connectivity index (χ2v) is 5.48. The molecule has 3 nitrogen and oxygen atoms in total. The van der Waals surface area contributed by atoms with Gasteiger partial charge in [0.15, 0.2) is 0 Å². The Bertz CT molecular complexity index is 398. The zero-order valence-electron chi connectivity index (χ0n) is 11.6. The van der Waals surface area contributed by atoms with Gasteiger partial charge in [-0.15, -0.1) is 0 Å². The fraction of sp³-hybridized carbons (Fsp3) is 0.562. The van der Waals surface area contributed by atoms with Crippen molar-refractivity contribution in [2.75, 3.05) is 7.05 Å². The third-order valence-corrected chi connectivity index (χ3v) is 4.19. The van der Waals surface area contributed by atoms with Crippen molar-refractivity contribution in [1.29, 1.82) is 0 Å². The smallest absolute Gasteiger partial charge is 0.305 e. The highest BCUT2D eigenvalue weighted by Gasteiger charge is 2.27. The number of nitrogens with zero attached hydrogens (tertiary/aromatic N) is 1. The normalized spacial score (nSPS) is 18.4. The van der Waals surface area contributed by atoms with Gasteiger partial charge in [-0.1, -0.05) is 49.6 Å². The van der Waals surface area contributed by atoms with E-state index >= 15 is 0 Å². The maximum Gasteiger partial charge on any atom is 0.305 e. The van der Waals surface area contributed by atoms with Crippen molar-refractivity contribution in [3.8, 4) is 0 Å². The van der Waals surface area contributed by atoms with Crippen LogP contribution < -0.4 is 0 Å². The summed E-state index contributed by atoms with van der Waals surface area (Å²) < 4.78 is 0. The van der Waals surface area contributed by atoms with Crippen LogP contribution in [0, 0.1) is 0 Å². The predicted octanol–water partition coefficient (Wildman–Crippen LogP) is 3.47. The number of carbonyl (C=O) groups is 1. The fourth-order valence-electron chi connectivity index (χ4n) is 3.08. The van der Waals surface area contributed by atoms with Crippen LogP contribution in [0.4, 0.5) is 0 Å². The highest BCUT2D eigenvalue weighted by molar-refractivity contribution is 5.68. The largest absolute Gasteiger partial charge is 0.481 e. The Balaban J connectivity index is 2.14. The Morgan fingerprint density at radius 2 is 1.89 bits per heavy atom. The molecule has 0 bridgehead atoms. The average molecular weight is 261 g/mol. The SMILES string of the molecule is CN(C1CCCCC1)C(CC(=O)O)c1ccccc1.